The second kappa shape index (κ2) is 7.79. The third kappa shape index (κ3) is 4.37. The van der Waals surface area contributed by atoms with Crippen molar-refractivity contribution in [3.05, 3.63) is 83.5 Å². The van der Waals surface area contributed by atoms with Crippen LogP contribution in [0.25, 0.3) is 22.2 Å². The van der Waals surface area contributed by atoms with Gasteiger partial charge in [0.15, 0.2) is 0 Å². The number of sulfonamides is 1. The average molecular weight is 426 g/mol. The molecule has 0 bridgehead atoms. The second-order valence-electron chi connectivity index (χ2n) is 6.37. The van der Waals surface area contributed by atoms with Gasteiger partial charge in [-0.05, 0) is 41.0 Å². The fraction of sp³-hybridized carbons (Fsp3) is 0.0476. The van der Waals surface area contributed by atoms with Gasteiger partial charge >= 0.3 is 0 Å². The highest BCUT2D eigenvalue weighted by Gasteiger charge is 2.09. The predicted molar refractivity (Wildman–Crippen MR) is 112 cm³/mol. The van der Waals surface area contributed by atoms with Gasteiger partial charge < -0.3 is 4.74 Å². The van der Waals surface area contributed by atoms with Crippen LogP contribution in [0.5, 0.6) is 5.88 Å². The zero-order valence-corrected chi connectivity index (χ0v) is 16.7. The molecule has 3 aromatic carbocycles. The van der Waals surface area contributed by atoms with Crippen molar-refractivity contribution in [2.75, 3.05) is 0 Å². The van der Waals surface area contributed by atoms with Gasteiger partial charge in [-0.1, -0.05) is 54.1 Å². The van der Waals surface area contributed by atoms with Crippen LogP contribution in [0.1, 0.15) is 5.56 Å². The summed E-state index contributed by atoms with van der Waals surface area (Å²) in [6.07, 6.45) is 1.54. The van der Waals surface area contributed by atoms with Gasteiger partial charge in [0.25, 0.3) is 0 Å². The van der Waals surface area contributed by atoms with Crippen LogP contribution in [0, 0.1) is 0 Å². The van der Waals surface area contributed by atoms with Gasteiger partial charge in [-0.2, -0.15) is 0 Å². The van der Waals surface area contributed by atoms with E-state index in [1.807, 2.05) is 42.5 Å². The minimum Gasteiger partial charge on any atom is -0.472 e. The van der Waals surface area contributed by atoms with Crippen LogP contribution < -0.4 is 9.88 Å². The van der Waals surface area contributed by atoms with Crippen molar-refractivity contribution in [3.8, 4) is 17.0 Å². The lowest BCUT2D eigenvalue weighted by Gasteiger charge is -2.08. The Hall–Kier alpha value is -3.00. The maximum absolute atomic E-state index is 11.5. The molecule has 4 rings (SSSR count). The van der Waals surface area contributed by atoms with Crippen molar-refractivity contribution < 1.29 is 13.2 Å². The molecule has 29 heavy (non-hydrogen) atoms. The van der Waals surface area contributed by atoms with Gasteiger partial charge in [-0.25, -0.2) is 23.5 Å². The molecule has 0 amide bonds. The van der Waals surface area contributed by atoms with Crippen molar-refractivity contribution in [1.82, 2.24) is 9.97 Å². The van der Waals surface area contributed by atoms with E-state index >= 15 is 0 Å². The minimum absolute atomic E-state index is 0.0809. The Bertz CT molecular complexity index is 1290. The molecule has 0 saturated carbocycles. The summed E-state index contributed by atoms with van der Waals surface area (Å²) >= 11 is 6.10. The largest absolute Gasteiger partial charge is 0.472 e. The summed E-state index contributed by atoms with van der Waals surface area (Å²) in [5.41, 5.74) is 3.87. The molecule has 0 atom stereocenters. The van der Waals surface area contributed by atoms with Crippen LogP contribution in [0.4, 0.5) is 0 Å². The molecule has 0 fully saturated rings. The standard InChI is InChI=1S/C21H16ClN3O3S/c22-18-5-2-6-19-21(18)24-12-20(25-19)28-13-14-7-9-15(10-8-14)16-3-1-4-17(11-16)29(23,26)27/h1-12H,13H2,(H2,23,26,27). The Balaban J connectivity index is 1.49. The third-order valence-electron chi connectivity index (χ3n) is 4.34. The summed E-state index contributed by atoms with van der Waals surface area (Å²) in [6, 6.07) is 19.5. The van der Waals surface area contributed by atoms with Gasteiger partial charge in [0.2, 0.25) is 15.9 Å². The minimum atomic E-state index is -3.74. The molecule has 0 aliphatic rings. The summed E-state index contributed by atoms with van der Waals surface area (Å²) in [5.74, 6) is 0.407. The Labute approximate surface area is 173 Å². The van der Waals surface area contributed by atoms with Gasteiger partial charge in [0, 0.05) is 0 Å². The van der Waals surface area contributed by atoms with Crippen LogP contribution in [0.15, 0.2) is 77.8 Å². The summed E-state index contributed by atoms with van der Waals surface area (Å²) in [5, 5.41) is 5.75. The van der Waals surface area contributed by atoms with Gasteiger partial charge in [0.05, 0.1) is 21.6 Å². The first-order valence-corrected chi connectivity index (χ1v) is 10.6. The van der Waals surface area contributed by atoms with Crippen LogP contribution in [0.3, 0.4) is 0 Å². The SMILES string of the molecule is NS(=O)(=O)c1cccc(-c2ccc(COc3cnc4c(Cl)cccc4n3)cc2)c1. The molecule has 6 nitrogen and oxygen atoms in total. The number of primary sulfonamides is 1. The number of nitrogens with two attached hydrogens (primary N) is 1. The molecule has 0 aliphatic heterocycles. The molecule has 2 N–H and O–H groups in total. The van der Waals surface area contributed by atoms with Gasteiger partial charge in [-0.3, -0.25) is 0 Å². The molecule has 0 radical (unpaired) electrons. The third-order valence-corrected chi connectivity index (χ3v) is 5.55. The van der Waals surface area contributed by atoms with Crippen LogP contribution in [0.2, 0.25) is 5.02 Å². The summed E-state index contributed by atoms with van der Waals surface area (Å²) in [6.45, 7) is 0.318. The van der Waals surface area contributed by atoms with Gasteiger partial charge in [0.1, 0.15) is 12.1 Å². The number of aromatic nitrogens is 2. The number of fused-ring (bicyclic) bond motifs is 1. The van der Waals surface area contributed by atoms with Crippen molar-refractivity contribution >= 4 is 32.7 Å². The zero-order valence-electron chi connectivity index (χ0n) is 15.1. The first-order valence-electron chi connectivity index (χ1n) is 8.66. The van der Waals surface area contributed by atoms with Crippen LogP contribution in [-0.2, 0) is 16.6 Å². The molecule has 0 saturated heterocycles. The second-order valence-corrected chi connectivity index (χ2v) is 8.34. The quantitative estimate of drug-likeness (QED) is 0.517. The van der Waals surface area contributed by atoms with Gasteiger partial charge in [-0.15, -0.1) is 0 Å². The average Bonchev–Trinajstić information content (AvgIpc) is 2.72. The first-order chi connectivity index (χ1) is 13.9. The molecular formula is C21H16ClN3O3S. The van der Waals surface area contributed by atoms with E-state index in [1.54, 1.807) is 24.4 Å². The molecule has 0 unspecified atom stereocenters. The molecule has 0 spiro atoms. The smallest absolute Gasteiger partial charge is 0.238 e. The maximum atomic E-state index is 11.5. The normalized spacial score (nSPS) is 11.5. The van der Waals surface area contributed by atoms with E-state index in [0.717, 1.165) is 16.7 Å². The Kier molecular flexibility index (Phi) is 5.19. The Morgan fingerprint density at radius 2 is 1.72 bits per heavy atom. The molecule has 4 aromatic rings. The van der Waals surface area contributed by atoms with Crippen LogP contribution >= 0.6 is 11.6 Å². The van der Waals surface area contributed by atoms with Crippen molar-refractivity contribution in [2.45, 2.75) is 11.5 Å². The highest BCUT2D eigenvalue weighted by Crippen LogP contribution is 2.24. The summed E-state index contributed by atoms with van der Waals surface area (Å²) in [7, 11) is -3.74. The number of hydrogen-bond donors (Lipinski definition) is 1. The van der Waals surface area contributed by atoms with Crippen LogP contribution in [-0.4, -0.2) is 18.4 Å². The predicted octanol–water partition coefficient (Wildman–Crippen LogP) is 4.18. The molecule has 1 heterocycles. The molecule has 146 valence electrons. The Morgan fingerprint density at radius 3 is 2.48 bits per heavy atom. The van der Waals surface area contributed by atoms with E-state index < -0.39 is 10.0 Å². The van der Waals surface area contributed by atoms with E-state index in [0.29, 0.717) is 28.5 Å². The number of benzene rings is 3. The maximum Gasteiger partial charge on any atom is 0.238 e. The molecule has 1 aromatic heterocycles. The number of hydrogen-bond acceptors (Lipinski definition) is 5. The molecule has 0 aliphatic carbocycles. The fourth-order valence-corrected chi connectivity index (χ4v) is 3.64. The van der Waals surface area contributed by atoms with E-state index in [9.17, 15) is 8.42 Å². The van der Waals surface area contributed by atoms with E-state index in [2.05, 4.69) is 9.97 Å². The number of nitrogens with zero attached hydrogens (tertiary/aromatic N) is 2. The van der Waals surface area contributed by atoms with Crippen molar-refractivity contribution in [1.29, 1.82) is 0 Å². The van der Waals surface area contributed by atoms with E-state index in [4.69, 9.17) is 21.5 Å². The van der Waals surface area contributed by atoms with Crippen molar-refractivity contribution in [3.63, 3.8) is 0 Å². The lowest BCUT2D eigenvalue weighted by Crippen LogP contribution is -2.11. The van der Waals surface area contributed by atoms with Crippen molar-refractivity contribution in [2.24, 2.45) is 5.14 Å². The summed E-state index contributed by atoms with van der Waals surface area (Å²) in [4.78, 5) is 8.79. The highest BCUT2D eigenvalue weighted by atomic mass is 35.5. The molecule has 8 heteroatoms. The topological polar surface area (TPSA) is 95.2 Å². The fourth-order valence-electron chi connectivity index (χ4n) is 2.86. The Morgan fingerprint density at radius 1 is 0.966 bits per heavy atom. The number of para-hydroxylation sites is 1. The lowest BCUT2D eigenvalue weighted by atomic mass is 10.0. The number of halogens is 1. The number of ether oxygens (including phenoxy) is 1. The highest BCUT2D eigenvalue weighted by molar-refractivity contribution is 7.89. The van der Waals surface area contributed by atoms with E-state index in [1.165, 1.54) is 6.07 Å². The molecular weight excluding hydrogens is 410 g/mol. The first kappa shape index (κ1) is 19.3. The summed E-state index contributed by atoms with van der Waals surface area (Å²) < 4.78 is 28.8. The zero-order chi connectivity index (χ0) is 20.4. The van der Waals surface area contributed by atoms with E-state index in [-0.39, 0.29) is 4.90 Å². The number of rotatable bonds is 5. The monoisotopic (exact) mass is 425 g/mol. The lowest BCUT2D eigenvalue weighted by molar-refractivity contribution is 0.294.